The second kappa shape index (κ2) is 16.0. The molecule has 1 saturated heterocycles. The first-order valence-electron chi connectivity index (χ1n) is 11.9. The van der Waals surface area contributed by atoms with Crippen LogP contribution >= 0.6 is 24.0 Å². The van der Waals surface area contributed by atoms with Gasteiger partial charge in [-0.25, -0.2) is 0 Å². The average Bonchev–Trinajstić information content (AvgIpc) is 2.82. The summed E-state index contributed by atoms with van der Waals surface area (Å²) >= 11 is 0. The van der Waals surface area contributed by atoms with E-state index in [1.54, 1.807) is 7.11 Å². The van der Waals surface area contributed by atoms with E-state index in [0.717, 1.165) is 77.0 Å². The van der Waals surface area contributed by atoms with Crippen LogP contribution in [-0.2, 0) is 4.79 Å². The fraction of sp³-hybridized carbons (Fsp3) is 0.667. The summed E-state index contributed by atoms with van der Waals surface area (Å²) in [6.45, 7) is 14.7. The molecule has 0 spiro atoms. The molecule has 0 saturated carbocycles. The summed E-state index contributed by atoms with van der Waals surface area (Å²) in [5.74, 6) is 1.84. The molecule has 1 amide bonds. The van der Waals surface area contributed by atoms with Crippen LogP contribution in [0.15, 0.2) is 29.3 Å². The summed E-state index contributed by atoms with van der Waals surface area (Å²) in [7, 11) is 3.63. The van der Waals surface area contributed by atoms with Crippen molar-refractivity contribution < 1.29 is 9.53 Å². The van der Waals surface area contributed by atoms with Crippen LogP contribution in [-0.4, -0.2) is 106 Å². The Morgan fingerprint density at radius 1 is 1.09 bits per heavy atom. The van der Waals surface area contributed by atoms with Gasteiger partial charge in [-0.2, -0.15) is 0 Å². The van der Waals surface area contributed by atoms with Crippen molar-refractivity contribution in [1.82, 2.24) is 20.0 Å². The van der Waals surface area contributed by atoms with Gasteiger partial charge in [0.05, 0.1) is 13.7 Å². The van der Waals surface area contributed by atoms with Gasteiger partial charge in [0, 0.05) is 71.6 Å². The quantitative estimate of drug-likeness (QED) is 0.190. The van der Waals surface area contributed by atoms with E-state index in [9.17, 15) is 4.79 Å². The fourth-order valence-corrected chi connectivity index (χ4v) is 3.93. The van der Waals surface area contributed by atoms with Crippen molar-refractivity contribution in [3.8, 4) is 5.75 Å². The molecule has 0 unspecified atom stereocenters. The highest BCUT2D eigenvalue weighted by molar-refractivity contribution is 14.0. The zero-order valence-corrected chi connectivity index (χ0v) is 23.4. The lowest BCUT2D eigenvalue weighted by molar-refractivity contribution is -0.131. The van der Waals surface area contributed by atoms with Gasteiger partial charge in [-0.15, -0.1) is 24.0 Å². The summed E-state index contributed by atoms with van der Waals surface area (Å²) in [6.07, 6.45) is 1.01. The Kier molecular flexibility index (Phi) is 14.2. The van der Waals surface area contributed by atoms with E-state index in [0.29, 0.717) is 6.54 Å². The maximum atomic E-state index is 12.4. The van der Waals surface area contributed by atoms with Crippen LogP contribution in [0.5, 0.6) is 5.75 Å². The van der Waals surface area contributed by atoms with Crippen LogP contribution in [0, 0.1) is 0 Å². The number of piperazine rings is 1. The van der Waals surface area contributed by atoms with Gasteiger partial charge < -0.3 is 24.8 Å². The smallest absolute Gasteiger partial charge is 0.242 e. The number of nitrogens with one attached hydrogen (secondary N) is 1. The topological polar surface area (TPSA) is 63.7 Å². The first-order valence-corrected chi connectivity index (χ1v) is 11.9. The Balaban J connectivity index is 0.00000544. The van der Waals surface area contributed by atoms with Gasteiger partial charge >= 0.3 is 0 Å². The van der Waals surface area contributed by atoms with Gasteiger partial charge in [0.15, 0.2) is 5.96 Å². The molecular weight excluding hydrogens is 531 g/mol. The molecule has 0 atom stereocenters. The van der Waals surface area contributed by atoms with Crippen molar-refractivity contribution in [2.45, 2.75) is 27.2 Å². The lowest BCUT2D eigenvalue weighted by Gasteiger charge is -2.36. The Morgan fingerprint density at radius 2 is 1.73 bits per heavy atom. The summed E-state index contributed by atoms with van der Waals surface area (Å²) in [5, 5.41) is 3.31. The van der Waals surface area contributed by atoms with Crippen molar-refractivity contribution in [3.05, 3.63) is 24.3 Å². The first-order chi connectivity index (χ1) is 15.5. The molecule has 1 heterocycles. The number of anilines is 1. The van der Waals surface area contributed by atoms with Crippen molar-refractivity contribution in [3.63, 3.8) is 0 Å². The number of hydrogen-bond acceptors (Lipinski definition) is 5. The van der Waals surface area contributed by atoms with Gasteiger partial charge in [0.2, 0.25) is 5.91 Å². The number of hydrogen-bond donors (Lipinski definition) is 1. The minimum Gasteiger partial charge on any atom is -0.497 e. The van der Waals surface area contributed by atoms with E-state index in [-0.39, 0.29) is 29.9 Å². The maximum absolute atomic E-state index is 12.4. The summed E-state index contributed by atoms with van der Waals surface area (Å²) in [5.41, 5.74) is 1.26. The monoisotopic (exact) mass is 574 g/mol. The van der Waals surface area contributed by atoms with Crippen LogP contribution in [0.4, 0.5) is 5.69 Å². The van der Waals surface area contributed by atoms with Gasteiger partial charge in [-0.05, 0) is 51.5 Å². The second-order valence-electron chi connectivity index (χ2n) is 8.04. The molecule has 1 aliphatic heterocycles. The molecule has 33 heavy (non-hydrogen) atoms. The average molecular weight is 575 g/mol. The predicted molar refractivity (Wildman–Crippen MR) is 148 cm³/mol. The van der Waals surface area contributed by atoms with Crippen molar-refractivity contribution in [2.24, 2.45) is 4.99 Å². The van der Waals surface area contributed by atoms with Crippen LogP contribution in [0.3, 0.4) is 0 Å². The molecule has 188 valence electrons. The highest BCUT2D eigenvalue weighted by atomic mass is 127. The number of benzene rings is 1. The number of amides is 1. The molecule has 9 heteroatoms. The van der Waals surface area contributed by atoms with Crippen molar-refractivity contribution in [2.75, 3.05) is 84.5 Å². The van der Waals surface area contributed by atoms with Gasteiger partial charge in [-0.1, -0.05) is 0 Å². The normalized spacial score (nSPS) is 14.5. The molecule has 0 aliphatic carbocycles. The first kappa shape index (κ1) is 29.3. The van der Waals surface area contributed by atoms with E-state index in [4.69, 9.17) is 9.73 Å². The van der Waals surface area contributed by atoms with Crippen LogP contribution in [0.1, 0.15) is 27.2 Å². The maximum Gasteiger partial charge on any atom is 0.242 e. The second-order valence-corrected chi connectivity index (χ2v) is 8.04. The van der Waals surface area contributed by atoms with Crippen LogP contribution in [0.25, 0.3) is 0 Å². The summed E-state index contributed by atoms with van der Waals surface area (Å²) in [6, 6.07) is 8.31. The predicted octanol–water partition coefficient (Wildman–Crippen LogP) is 2.59. The number of nitrogens with zero attached hydrogens (tertiary/aromatic N) is 5. The number of carbonyl (C=O) groups excluding carboxylic acids is 1. The third-order valence-electron chi connectivity index (χ3n) is 5.89. The summed E-state index contributed by atoms with van der Waals surface area (Å²) < 4.78 is 5.25. The van der Waals surface area contributed by atoms with Crippen LogP contribution in [0.2, 0.25) is 0 Å². The Labute approximate surface area is 217 Å². The molecule has 2 rings (SSSR count). The molecule has 1 aromatic rings. The Bertz CT molecular complexity index is 703. The highest BCUT2D eigenvalue weighted by Gasteiger charge is 2.17. The lowest BCUT2D eigenvalue weighted by Crippen LogP contribution is -2.47. The third-order valence-corrected chi connectivity index (χ3v) is 5.89. The number of aliphatic imine (C=N–C) groups is 1. The number of carbonyl (C=O) groups is 1. The molecule has 0 aromatic heterocycles. The van der Waals surface area contributed by atoms with E-state index in [1.807, 2.05) is 42.8 Å². The molecular formula is C24H43IN6O2. The SMILES string of the molecule is CCNC(=NCCCN1CCN(c2ccc(OC)cc2)CC1)N(C)CC(=O)N(CC)CC.I. The van der Waals surface area contributed by atoms with E-state index >= 15 is 0 Å². The van der Waals surface area contributed by atoms with Crippen LogP contribution < -0.4 is 15.0 Å². The van der Waals surface area contributed by atoms with E-state index in [1.165, 1.54) is 5.69 Å². The summed E-state index contributed by atoms with van der Waals surface area (Å²) in [4.78, 5) is 25.9. The lowest BCUT2D eigenvalue weighted by atomic mass is 10.2. The number of halogens is 1. The number of likely N-dealkylation sites (N-methyl/N-ethyl adjacent to an activating group) is 2. The highest BCUT2D eigenvalue weighted by Crippen LogP contribution is 2.20. The molecule has 1 N–H and O–H groups in total. The largest absolute Gasteiger partial charge is 0.497 e. The van der Waals surface area contributed by atoms with E-state index in [2.05, 4.69) is 34.2 Å². The van der Waals surface area contributed by atoms with Gasteiger partial charge in [0.25, 0.3) is 0 Å². The minimum atomic E-state index is 0. The standard InChI is InChI=1S/C24H42N6O2.HI/c1-6-25-24(27(4)20-23(31)29(7-2)8-3)26-14-9-15-28-16-18-30(19-17-28)21-10-12-22(32-5)13-11-21;/h10-13H,6-9,14-20H2,1-5H3,(H,25,26);1H. The molecule has 0 bridgehead atoms. The minimum absolute atomic E-state index is 0. The molecule has 1 aliphatic rings. The number of guanidine groups is 1. The number of methoxy groups -OCH3 is 1. The molecule has 1 fully saturated rings. The Hall–Kier alpha value is -1.75. The molecule has 1 aromatic carbocycles. The van der Waals surface area contributed by atoms with Gasteiger partial charge in [-0.3, -0.25) is 14.7 Å². The number of ether oxygens (including phenoxy) is 1. The van der Waals surface area contributed by atoms with Gasteiger partial charge in [0.1, 0.15) is 5.75 Å². The van der Waals surface area contributed by atoms with Crippen molar-refractivity contribution in [1.29, 1.82) is 0 Å². The van der Waals surface area contributed by atoms with E-state index < -0.39 is 0 Å². The fourth-order valence-electron chi connectivity index (χ4n) is 3.93. The Morgan fingerprint density at radius 3 is 2.27 bits per heavy atom. The third kappa shape index (κ3) is 9.56. The molecule has 0 radical (unpaired) electrons. The van der Waals surface area contributed by atoms with Crippen molar-refractivity contribution >= 4 is 41.5 Å². The molecule has 8 nitrogen and oxygen atoms in total. The zero-order chi connectivity index (χ0) is 23.3. The number of rotatable bonds is 11. The zero-order valence-electron chi connectivity index (χ0n) is 21.0.